The normalized spacial score (nSPS) is 19.7. The molecule has 3 rings (SSSR count). The summed E-state index contributed by atoms with van der Waals surface area (Å²) in [4.78, 5) is 31.7. The van der Waals surface area contributed by atoms with Crippen molar-refractivity contribution in [2.24, 2.45) is 5.92 Å². The number of aromatic nitrogens is 1. The summed E-state index contributed by atoms with van der Waals surface area (Å²) in [6.45, 7) is 2.29. The summed E-state index contributed by atoms with van der Waals surface area (Å²) in [7, 11) is 0. The summed E-state index contributed by atoms with van der Waals surface area (Å²) >= 11 is 0. The number of aliphatic hydroxyl groups excluding tert-OH is 1. The quantitative estimate of drug-likeness (QED) is 0.714. The number of Topliss-reactive ketones (excluding diaryl/α,β-unsaturated/α-hetero) is 1. The molecule has 2 heterocycles. The molecule has 0 bridgehead atoms. The van der Waals surface area contributed by atoms with Crippen molar-refractivity contribution < 1.29 is 14.7 Å². The van der Waals surface area contributed by atoms with E-state index in [1.54, 1.807) is 37.4 Å². The number of hydrogen-bond donors (Lipinski definition) is 1. The second-order valence-electron chi connectivity index (χ2n) is 7.98. The molecule has 0 saturated carbocycles. The first-order valence-corrected chi connectivity index (χ1v) is 10.4. The van der Waals surface area contributed by atoms with E-state index in [0.717, 1.165) is 18.4 Å². The van der Waals surface area contributed by atoms with Crippen LogP contribution in [0.3, 0.4) is 0 Å². The van der Waals surface area contributed by atoms with Crippen LogP contribution in [0.1, 0.15) is 54.1 Å². The monoisotopic (exact) mass is 405 g/mol. The van der Waals surface area contributed by atoms with Crippen LogP contribution < -0.4 is 0 Å². The number of likely N-dealkylation sites (tertiary alicyclic amines) is 1. The van der Waals surface area contributed by atoms with Crippen LogP contribution in [-0.2, 0) is 11.2 Å². The van der Waals surface area contributed by atoms with Crippen LogP contribution in [0.4, 0.5) is 0 Å². The maximum atomic E-state index is 13.1. The van der Waals surface area contributed by atoms with Gasteiger partial charge in [0, 0.05) is 42.9 Å². The van der Waals surface area contributed by atoms with Gasteiger partial charge >= 0.3 is 0 Å². The Balaban J connectivity index is 1.62. The zero-order chi connectivity index (χ0) is 21.5. The highest BCUT2D eigenvalue weighted by Crippen LogP contribution is 2.25. The summed E-state index contributed by atoms with van der Waals surface area (Å²) < 4.78 is 0. The maximum Gasteiger partial charge on any atom is 0.226 e. The van der Waals surface area contributed by atoms with Gasteiger partial charge in [-0.3, -0.25) is 14.6 Å². The van der Waals surface area contributed by atoms with Crippen LogP contribution >= 0.6 is 0 Å². The molecule has 6 nitrogen and oxygen atoms in total. The van der Waals surface area contributed by atoms with Crippen molar-refractivity contribution >= 4 is 11.7 Å². The average Bonchev–Trinajstić information content (AvgIpc) is 2.78. The van der Waals surface area contributed by atoms with E-state index in [4.69, 9.17) is 5.26 Å². The van der Waals surface area contributed by atoms with Gasteiger partial charge in [0.25, 0.3) is 0 Å². The fraction of sp³-hybridized carbons (Fsp3) is 0.417. The number of hydrogen-bond acceptors (Lipinski definition) is 5. The van der Waals surface area contributed by atoms with Crippen molar-refractivity contribution in [3.05, 3.63) is 65.5 Å². The van der Waals surface area contributed by atoms with Gasteiger partial charge in [0.15, 0.2) is 5.78 Å². The molecule has 6 heteroatoms. The lowest BCUT2D eigenvalue weighted by molar-refractivity contribution is -0.140. The number of ketones is 1. The minimum absolute atomic E-state index is 0.0416. The molecule has 1 aliphatic heterocycles. The van der Waals surface area contributed by atoms with E-state index in [9.17, 15) is 14.7 Å². The molecule has 0 radical (unpaired) electrons. The Bertz CT molecular complexity index is 906. The summed E-state index contributed by atoms with van der Waals surface area (Å²) in [6.07, 6.45) is 5.94. The highest BCUT2D eigenvalue weighted by atomic mass is 16.3. The molecule has 1 amide bonds. The number of nitriles is 1. The number of benzene rings is 1. The fourth-order valence-corrected chi connectivity index (χ4v) is 3.97. The van der Waals surface area contributed by atoms with Gasteiger partial charge in [-0.25, -0.2) is 0 Å². The lowest BCUT2D eigenvalue weighted by Gasteiger charge is -2.39. The molecule has 1 aromatic carbocycles. The molecule has 1 saturated heterocycles. The Labute approximate surface area is 177 Å². The van der Waals surface area contributed by atoms with Crippen LogP contribution in [0.25, 0.3) is 0 Å². The second kappa shape index (κ2) is 10.1. The summed E-state index contributed by atoms with van der Waals surface area (Å²) in [5, 5.41) is 19.0. The number of amides is 1. The third-order valence-electron chi connectivity index (χ3n) is 5.71. The third kappa shape index (κ3) is 5.52. The number of aliphatic hydroxyl groups is 1. The van der Waals surface area contributed by atoms with Crippen molar-refractivity contribution in [2.45, 2.75) is 51.2 Å². The average molecular weight is 405 g/mol. The van der Waals surface area contributed by atoms with Gasteiger partial charge in [0.2, 0.25) is 5.91 Å². The number of carbonyl (C=O) groups excluding carboxylic acids is 2. The SMILES string of the molecule is CC(CC(=O)c1ccc(C#N)cc1)C(=O)N1CC[C@@H](O)CC1CCc1cccnc1. The number of pyridine rings is 1. The van der Waals surface area contributed by atoms with Gasteiger partial charge in [0.05, 0.1) is 17.7 Å². The van der Waals surface area contributed by atoms with Crippen molar-refractivity contribution in [3.63, 3.8) is 0 Å². The number of nitrogens with zero attached hydrogens (tertiary/aromatic N) is 3. The molecule has 1 aromatic heterocycles. The van der Waals surface area contributed by atoms with E-state index < -0.39 is 12.0 Å². The van der Waals surface area contributed by atoms with Crippen molar-refractivity contribution in [1.29, 1.82) is 5.26 Å². The number of rotatable bonds is 7. The zero-order valence-corrected chi connectivity index (χ0v) is 17.2. The van der Waals surface area contributed by atoms with E-state index in [-0.39, 0.29) is 24.2 Å². The van der Waals surface area contributed by atoms with Gasteiger partial charge in [-0.1, -0.05) is 25.1 Å². The van der Waals surface area contributed by atoms with Crippen LogP contribution in [0.15, 0.2) is 48.8 Å². The predicted octanol–water partition coefficient (Wildman–Crippen LogP) is 3.15. The number of aryl methyl sites for hydroxylation is 1. The minimum Gasteiger partial charge on any atom is -0.393 e. The van der Waals surface area contributed by atoms with Crippen LogP contribution in [0.5, 0.6) is 0 Å². The molecule has 30 heavy (non-hydrogen) atoms. The first kappa shape index (κ1) is 21.7. The van der Waals surface area contributed by atoms with E-state index in [1.165, 1.54) is 0 Å². The second-order valence-corrected chi connectivity index (χ2v) is 7.98. The molecule has 1 aliphatic rings. The molecule has 1 fully saturated rings. The highest BCUT2D eigenvalue weighted by Gasteiger charge is 2.33. The minimum atomic E-state index is -0.440. The lowest BCUT2D eigenvalue weighted by Crippen LogP contribution is -2.49. The van der Waals surface area contributed by atoms with E-state index in [1.807, 2.05) is 29.3 Å². The van der Waals surface area contributed by atoms with Gasteiger partial charge in [0.1, 0.15) is 0 Å². The molecule has 156 valence electrons. The topological polar surface area (TPSA) is 94.3 Å². The van der Waals surface area contributed by atoms with Gasteiger partial charge < -0.3 is 10.0 Å². The summed E-state index contributed by atoms with van der Waals surface area (Å²) in [5.41, 5.74) is 2.11. The fourth-order valence-electron chi connectivity index (χ4n) is 3.97. The molecular weight excluding hydrogens is 378 g/mol. The summed E-state index contributed by atoms with van der Waals surface area (Å²) in [5.74, 6) is -0.589. The standard InChI is InChI=1S/C24H27N3O3/c1-17(13-23(29)20-7-4-18(15-25)5-8-20)24(30)27-12-10-22(28)14-21(27)9-6-19-3-2-11-26-16-19/h2-5,7-8,11,16-17,21-22,28H,6,9-10,12-14H2,1H3/t17?,21?,22-/m1/s1. The molecule has 0 spiro atoms. The van der Waals surface area contributed by atoms with Gasteiger partial charge in [-0.15, -0.1) is 0 Å². The molecule has 2 aromatic rings. The Kier molecular flexibility index (Phi) is 7.31. The number of carbonyl (C=O) groups is 2. The maximum absolute atomic E-state index is 13.1. The Hall–Kier alpha value is -3.04. The van der Waals surface area contributed by atoms with Crippen molar-refractivity contribution in [1.82, 2.24) is 9.88 Å². The van der Waals surface area contributed by atoms with Crippen molar-refractivity contribution in [3.8, 4) is 6.07 Å². The Morgan fingerprint density at radius 3 is 2.73 bits per heavy atom. The lowest BCUT2D eigenvalue weighted by atomic mass is 9.91. The Morgan fingerprint density at radius 1 is 1.30 bits per heavy atom. The molecular formula is C24H27N3O3. The van der Waals surface area contributed by atoms with Crippen molar-refractivity contribution in [2.75, 3.05) is 6.54 Å². The van der Waals surface area contributed by atoms with E-state index >= 15 is 0 Å². The predicted molar refractivity (Wildman–Crippen MR) is 113 cm³/mol. The number of piperidine rings is 1. The Morgan fingerprint density at radius 2 is 2.07 bits per heavy atom. The molecule has 3 atom stereocenters. The molecule has 0 aliphatic carbocycles. The smallest absolute Gasteiger partial charge is 0.226 e. The molecule has 2 unspecified atom stereocenters. The summed E-state index contributed by atoms with van der Waals surface area (Å²) in [6, 6.07) is 12.4. The molecule has 1 N–H and O–H groups in total. The van der Waals surface area contributed by atoms with Crippen LogP contribution in [0, 0.1) is 17.2 Å². The zero-order valence-electron chi connectivity index (χ0n) is 17.2. The first-order valence-electron chi connectivity index (χ1n) is 10.4. The van der Waals surface area contributed by atoms with Crippen LogP contribution in [-0.4, -0.2) is 45.4 Å². The van der Waals surface area contributed by atoms with Gasteiger partial charge in [-0.2, -0.15) is 5.26 Å². The largest absolute Gasteiger partial charge is 0.393 e. The highest BCUT2D eigenvalue weighted by molar-refractivity contribution is 5.98. The van der Waals surface area contributed by atoms with Gasteiger partial charge in [-0.05, 0) is 49.4 Å². The van der Waals surface area contributed by atoms with E-state index in [2.05, 4.69) is 4.98 Å². The van der Waals surface area contributed by atoms with Crippen LogP contribution in [0.2, 0.25) is 0 Å². The first-order chi connectivity index (χ1) is 14.5. The third-order valence-corrected chi connectivity index (χ3v) is 5.71. The van der Waals surface area contributed by atoms with E-state index in [0.29, 0.717) is 30.5 Å².